The second-order valence-electron chi connectivity index (χ2n) is 7.26. The van der Waals surface area contributed by atoms with Gasteiger partial charge < -0.3 is 4.90 Å². The number of carbonyl (C=O) groups excluding carboxylic acids is 1. The van der Waals surface area contributed by atoms with Crippen molar-refractivity contribution >= 4 is 50.0 Å². The Labute approximate surface area is 192 Å². The normalized spacial score (nSPS) is 15.3. The van der Waals surface area contributed by atoms with Crippen molar-refractivity contribution in [2.45, 2.75) is 4.90 Å². The molecule has 7 nitrogen and oxygen atoms in total. The quantitative estimate of drug-likeness (QED) is 0.437. The molecule has 5 rings (SSSR count). The highest BCUT2D eigenvalue weighted by atomic mass is 32.2. The lowest BCUT2D eigenvalue weighted by molar-refractivity contribution is 0.0703. The van der Waals surface area contributed by atoms with Gasteiger partial charge in [-0.15, -0.1) is 11.3 Å². The zero-order valence-electron chi connectivity index (χ0n) is 16.6. The second-order valence-corrected chi connectivity index (χ2v) is 10.8. The first-order valence-electron chi connectivity index (χ1n) is 9.80. The topological polar surface area (TPSA) is 83.5 Å². The van der Waals surface area contributed by atoms with Gasteiger partial charge in [-0.1, -0.05) is 18.2 Å². The van der Waals surface area contributed by atoms with Gasteiger partial charge >= 0.3 is 0 Å². The SMILES string of the molecule is O=C(c1ccc(-c2ccc(F)cc2)s1)N1CCN(S(=O)(=O)c2cccc3nsnc23)CC1. The van der Waals surface area contributed by atoms with Crippen molar-refractivity contribution < 1.29 is 17.6 Å². The zero-order chi connectivity index (χ0) is 22.3. The van der Waals surface area contributed by atoms with Crippen LogP contribution in [0.4, 0.5) is 4.39 Å². The molecule has 1 fully saturated rings. The maximum Gasteiger partial charge on any atom is 0.264 e. The minimum absolute atomic E-state index is 0.133. The second kappa shape index (κ2) is 8.32. The third-order valence-electron chi connectivity index (χ3n) is 5.34. The Morgan fingerprint density at radius 2 is 1.69 bits per heavy atom. The standard InChI is InChI=1S/C21H17FN4O3S3/c22-15-6-4-14(5-7-15)17-8-9-18(30-17)21(27)25-10-12-26(13-11-25)32(28,29)19-3-1-2-16-20(19)24-31-23-16/h1-9H,10-13H2. The lowest BCUT2D eigenvalue weighted by Gasteiger charge is -2.33. The number of halogens is 1. The molecule has 0 saturated carbocycles. The fourth-order valence-corrected chi connectivity index (χ4v) is 6.79. The van der Waals surface area contributed by atoms with Crippen LogP contribution in [0.25, 0.3) is 21.5 Å². The lowest BCUT2D eigenvalue weighted by Crippen LogP contribution is -2.50. The molecule has 1 amide bonds. The number of rotatable bonds is 4. The average molecular weight is 489 g/mol. The van der Waals surface area contributed by atoms with Crippen molar-refractivity contribution in [2.24, 2.45) is 0 Å². The molecule has 0 atom stereocenters. The number of hydrogen-bond acceptors (Lipinski definition) is 7. The van der Waals surface area contributed by atoms with Crippen LogP contribution in [-0.4, -0.2) is 58.5 Å². The maximum atomic E-state index is 13.2. The van der Waals surface area contributed by atoms with Crippen LogP contribution in [0.2, 0.25) is 0 Å². The zero-order valence-corrected chi connectivity index (χ0v) is 19.1. The van der Waals surface area contributed by atoms with Gasteiger partial charge in [0.05, 0.1) is 16.6 Å². The number of nitrogens with zero attached hydrogens (tertiary/aromatic N) is 4. The van der Waals surface area contributed by atoms with Crippen LogP contribution in [0.15, 0.2) is 59.5 Å². The number of sulfonamides is 1. The molecule has 0 aliphatic carbocycles. The Morgan fingerprint density at radius 1 is 0.938 bits per heavy atom. The summed E-state index contributed by atoms with van der Waals surface area (Å²) in [5.41, 5.74) is 1.78. The number of hydrogen-bond donors (Lipinski definition) is 0. The first-order valence-corrected chi connectivity index (χ1v) is 12.8. The van der Waals surface area contributed by atoms with E-state index in [9.17, 15) is 17.6 Å². The summed E-state index contributed by atoms with van der Waals surface area (Å²) in [5.74, 6) is -0.442. The van der Waals surface area contributed by atoms with Gasteiger partial charge in [0, 0.05) is 31.1 Å². The van der Waals surface area contributed by atoms with E-state index in [1.807, 2.05) is 6.07 Å². The predicted octanol–water partition coefficient (Wildman–Crippen LogP) is 3.71. The molecular weight excluding hydrogens is 471 g/mol. The predicted molar refractivity (Wildman–Crippen MR) is 122 cm³/mol. The van der Waals surface area contributed by atoms with Crippen molar-refractivity contribution in [3.8, 4) is 10.4 Å². The molecule has 0 unspecified atom stereocenters. The number of aromatic nitrogens is 2. The summed E-state index contributed by atoms with van der Waals surface area (Å²) >= 11 is 2.32. The molecule has 2 aromatic carbocycles. The molecule has 3 heterocycles. The number of thiophene rings is 1. The van der Waals surface area contributed by atoms with E-state index < -0.39 is 10.0 Å². The van der Waals surface area contributed by atoms with Gasteiger partial charge in [-0.05, 0) is 42.0 Å². The van der Waals surface area contributed by atoms with Crippen molar-refractivity contribution in [1.29, 1.82) is 0 Å². The molecule has 0 spiro atoms. The molecule has 0 radical (unpaired) electrons. The summed E-state index contributed by atoms with van der Waals surface area (Å²) in [6.07, 6.45) is 0. The largest absolute Gasteiger partial charge is 0.335 e. The van der Waals surface area contributed by atoms with Crippen LogP contribution in [-0.2, 0) is 10.0 Å². The van der Waals surface area contributed by atoms with Crippen LogP contribution < -0.4 is 0 Å². The summed E-state index contributed by atoms with van der Waals surface area (Å²) in [5, 5.41) is 0. The maximum absolute atomic E-state index is 13.2. The van der Waals surface area contributed by atoms with Gasteiger partial charge in [-0.25, -0.2) is 12.8 Å². The van der Waals surface area contributed by atoms with Crippen molar-refractivity contribution in [1.82, 2.24) is 18.0 Å². The number of fused-ring (bicyclic) bond motifs is 1. The first kappa shape index (κ1) is 21.1. The van der Waals surface area contributed by atoms with Crippen molar-refractivity contribution in [2.75, 3.05) is 26.2 Å². The fourth-order valence-electron chi connectivity index (χ4n) is 3.64. The Kier molecular flexibility index (Phi) is 5.49. The van der Waals surface area contributed by atoms with E-state index in [2.05, 4.69) is 8.75 Å². The smallest absolute Gasteiger partial charge is 0.264 e. The van der Waals surface area contributed by atoms with Gasteiger partial charge in [0.2, 0.25) is 10.0 Å². The Morgan fingerprint density at radius 3 is 2.44 bits per heavy atom. The molecule has 1 aliphatic heterocycles. The lowest BCUT2D eigenvalue weighted by atomic mass is 10.2. The third kappa shape index (κ3) is 3.81. The summed E-state index contributed by atoms with van der Waals surface area (Å²) in [6.45, 7) is 1.01. The van der Waals surface area contributed by atoms with Crippen LogP contribution in [0.3, 0.4) is 0 Å². The van der Waals surface area contributed by atoms with Crippen LogP contribution in [0.5, 0.6) is 0 Å². The molecule has 0 bridgehead atoms. The summed E-state index contributed by atoms with van der Waals surface area (Å²) < 4.78 is 49.1. The van der Waals surface area contributed by atoms with Gasteiger partial charge in [0.25, 0.3) is 5.91 Å². The van der Waals surface area contributed by atoms with Gasteiger partial charge in [-0.2, -0.15) is 13.1 Å². The minimum atomic E-state index is -3.74. The molecule has 1 saturated heterocycles. The highest BCUT2D eigenvalue weighted by Gasteiger charge is 2.32. The summed E-state index contributed by atoms with van der Waals surface area (Å²) in [6, 6.07) is 14.7. The average Bonchev–Trinajstić information content (AvgIpc) is 3.49. The Bertz CT molecular complexity index is 1390. The van der Waals surface area contributed by atoms with E-state index in [1.165, 1.54) is 27.8 Å². The Hall–Kier alpha value is -2.73. The van der Waals surface area contributed by atoms with Crippen LogP contribution >= 0.6 is 23.1 Å². The first-order chi connectivity index (χ1) is 15.4. The highest BCUT2D eigenvalue weighted by Crippen LogP contribution is 2.30. The highest BCUT2D eigenvalue weighted by molar-refractivity contribution is 7.89. The summed E-state index contributed by atoms with van der Waals surface area (Å²) in [4.78, 5) is 16.2. The van der Waals surface area contributed by atoms with E-state index in [1.54, 1.807) is 41.3 Å². The molecule has 0 N–H and O–H groups in total. The van der Waals surface area contributed by atoms with E-state index in [4.69, 9.17) is 0 Å². The fraction of sp³-hybridized carbons (Fsp3) is 0.190. The number of benzene rings is 2. The van der Waals surface area contributed by atoms with Crippen molar-refractivity contribution in [3.05, 3.63) is 65.3 Å². The van der Waals surface area contributed by atoms with Gasteiger partial charge in [0.15, 0.2) is 0 Å². The molecule has 2 aromatic heterocycles. The molecular formula is C21H17FN4O3S3. The number of amides is 1. The van der Waals surface area contributed by atoms with E-state index >= 15 is 0 Å². The minimum Gasteiger partial charge on any atom is -0.335 e. The van der Waals surface area contributed by atoms with Crippen LogP contribution in [0.1, 0.15) is 9.67 Å². The monoisotopic (exact) mass is 488 g/mol. The van der Waals surface area contributed by atoms with Crippen LogP contribution in [0, 0.1) is 5.82 Å². The van der Waals surface area contributed by atoms with E-state index in [0.29, 0.717) is 29.0 Å². The van der Waals surface area contributed by atoms with E-state index in [-0.39, 0.29) is 29.7 Å². The van der Waals surface area contributed by atoms with E-state index in [0.717, 1.165) is 22.2 Å². The molecule has 32 heavy (non-hydrogen) atoms. The summed E-state index contributed by atoms with van der Waals surface area (Å²) in [7, 11) is -3.74. The number of piperazine rings is 1. The third-order valence-corrected chi connectivity index (χ3v) is 8.93. The molecule has 11 heteroatoms. The number of carbonyl (C=O) groups is 1. The van der Waals surface area contributed by atoms with Gasteiger partial charge in [0.1, 0.15) is 21.7 Å². The Balaban J connectivity index is 1.29. The van der Waals surface area contributed by atoms with Crippen molar-refractivity contribution in [3.63, 3.8) is 0 Å². The molecule has 4 aromatic rings. The van der Waals surface area contributed by atoms with Gasteiger partial charge in [-0.3, -0.25) is 4.79 Å². The molecule has 1 aliphatic rings. The molecule has 164 valence electrons.